The number of carboxylic acids is 1. The highest BCUT2D eigenvalue weighted by Gasteiger charge is 2.19. The normalized spacial score (nSPS) is 11.1. The van der Waals surface area contributed by atoms with Gasteiger partial charge in [-0.05, 0) is 25.5 Å². The third-order valence-electron chi connectivity index (χ3n) is 3.71. The van der Waals surface area contributed by atoms with Crippen LogP contribution >= 0.6 is 11.6 Å². The molecule has 0 fully saturated rings. The maximum absolute atomic E-state index is 11.4. The van der Waals surface area contributed by atoms with Gasteiger partial charge in [0.05, 0.1) is 11.3 Å². The van der Waals surface area contributed by atoms with Crippen molar-refractivity contribution in [2.75, 3.05) is 0 Å². The van der Waals surface area contributed by atoms with Crippen molar-refractivity contribution >= 4 is 23.2 Å². The number of aromatic nitrogens is 3. The number of fused-ring (bicyclic) bond motifs is 1. The summed E-state index contributed by atoms with van der Waals surface area (Å²) in [6.07, 6.45) is 1.61. The molecule has 0 saturated carbocycles. The fourth-order valence-corrected chi connectivity index (χ4v) is 2.94. The predicted molar refractivity (Wildman–Crippen MR) is 89.1 cm³/mol. The number of halogens is 1. The van der Waals surface area contributed by atoms with Gasteiger partial charge in [0.15, 0.2) is 11.3 Å². The summed E-state index contributed by atoms with van der Waals surface area (Å²) in [6, 6.07) is 9.01. The van der Waals surface area contributed by atoms with Crippen molar-refractivity contribution < 1.29 is 9.90 Å². The summed E-state index contributed by atoms with van der Waals surface area (Å²) in [5.41, 5.74) is 3.73. The molecule has 23 heavy (non-hydrogen) atoms. The zero-order chi connectivity index (χ0) is 16.6. The van der Waals surface area contributed by atoms with Crippen molar-refractivity contribution in [3.05, 3.63) is 52.4 Å². The molecule has 1 N–H and O–H groups in total. The third kappa shape index (κ3) is 2.68. The molecule has 0 saturated heterocycles. The molecule has 6 heteroatoms. The van der Waals surface area contributed by atoms with Crippen molar-refractivity contribution in [1.29, 1.82) is 0 Å². The van der Waals surface area contributed by atoms with E-state index in [1.165, 1.54) is 0 Å². The molecule has 0 atom stereocenters. The molecule has 0 bridgehead atoms. The Hall–Kier alpha value is -2.40. The lowest BCUT2D eigenvalue weighted by Crippen LogP contribution is -2.07. The number of carbonyl (C=O) groups is 1. The molecule has 0 amide bonds. The minimum Gasteiger partial charge on any atom is -0.477 e. The highest BCUT2D eigenvalue weighted by Crippen LogP contribution is 2.33. The first-order valence-corrected chi connectivity index (χ1v) is 7.78. The number of hydrogen-bond acceptors (Lipinski definition) is 3. The largest absolute Gasteiger partial charge is 0.477 e. The van der Waals surface area contributed by atoms with Gasteiger partial charge in [-0.2, -0.15) is 5.10 Å². The smallest absolute Gasteiger partial charge is 0.354 e. The van der Waals surface area contributed by atoms with Crippen molar-refractivity contribution in [3.63, 3.8) is 0 Å². The van der Waals surface area contributed by atoms with E-state index in [-0.39, 0.29) is 5.69 Å². The highest BCUT2D eigenvalue weighted by molar-refractivity contribution is 6.33. The first-order valence-electron chi connectivity index (χ1n) is 7.40. The number of nitrogens with zero attached hydrogens (tertiary/aromatic N) is 3. The van der Waals surface area contributed by atoms with E-state index in [0.717, 1.165) is 35.4 Å². The number of hydrogen-bond donors (Lipinski definition) is 1. The zero-order valence-electron chi connectivity index (χ0n) is 12.9. The van der Waals surface area contributed by atoms with Gasteiger partial charge >= 0.3 is 5.97 Å². The van der Waals surface area contributed by atoms with Gasteiger partial charge in [0.1, 0.15) is 0 Å². The van der Waals surface area contributed by atoms with E-state index in [0.29, 0.717) is 10.7 Å². The van der Waals surface area contributed by atoms with Crippen LogP contribution in [-0.2, 0) is 6.42 Å². The van der Waals surface area contributed by atoms with E-state index in [4.69, 9.17) is 11.6 Å². The second-order valence-electron chi connectivity index (χ2n) is 5.36. The third-order valence-corrected chi connectivity index (χ3v) is 4.04. The van der Waals surface area contributed by atoms with Gasteiger partial charge in [-0.1, -0.05) is 43.1 Å². The van der Waals surface area contributed by atoms with Crippen molar-refractivity contribution in [2.24, 2.45) is 0 Å². The number of benzene rings is 1. The maximum Gasteiger partial charge on any atom is 0.354 e. The molecule has 3 aromatic rings. The van der Waals surface area contributed by atoms with E-state index in [2.05, 4.69) is 10.1 Å². The molecule has 0 aliphatic carbocycles. The summed E-state index contributed by atoms with van der Waals surface area (Å²) < 4.78 is 1.73. The lowest BCUT2D eigenvalue weighted by molar-refractivity contribution is 0.0690. The molecule has 118 valence electrons. The molecule has 0 unspecified atom stereocenters. The molecule has 0 spiro atoms. The minimum atomic E-state index is -1.05. The summed E-state index contributed by atoms with van der Waals surface area (Å²) in [5, 5.41) is 14.5. The monoisotopic (exact) mass is 329 g/mol. The van der Waals surface area contributed by atoms with Gasteiger partial charge in [-0.3, -0.25) is 0 Å². The Labute approximate surface area is 138 Å². The average Bonchev–Trinajstić information content (AvgIpc) is 2.84. The second-order valence-corrected chi connectivity index (χ2v) is 5.77. The van der Waals surface area contributed by atoms with Crippen molar-refractivity contribution in [2.45, 2.75) is 26.7 Å². The molecular formula is C17H16ClN3O2. The molecule has 1 aromatic carbocycles. The van der Waals surface area contributed by atoms with Crippen LogP contribution in [0.3, 0.4) is 0 Å². The zero-order valence-corrected chi connectivity index (χ0v) is 13.6. The first kappa shape index (κ1) is 15.5. The number of rotatable bonds is 4. The van der Waals surface area contributed by atoms with Gasteiger partial charge in [0.2, 0.25) is 0 Å². The summed E-state index contributed by atoms with van der Waals surface area (Å²) in [7, 11) is 0. The lowest BCUT2D eigenvalue weighted by Gasteiger charge is -2.07. The van der Waals surface area contributed by atoms with Crippen LogP contribution in [0, 0.1) is 6.92 Å². The van der Waals surface area contributed by atoms with E-state index < -0.39 is 5.97 Å². The predicted octanol–water partition coefficient (Wildman–Crippen LogP) is 4.01. The number of aromatic carboxylic acids is 1. The van der Waals surface area contributed by atoms with Crippen LogP contribution in [0.25, 0.3) is 16.8 Å². The van der Waals surface area contributed by atoms with Crippen LogP contribution in [0.4, 0.5) is 0 Å². The molecule has 3 rings (SSSR count). The van der Waals surface area contributed by atoms with E-state index in [1.807, 2.05) is 32.0 Å². The Morgan fingerprint density at radius 1 is 1.35 bits per heavy atom. The first-order chi connectivity index (χ1) is 11.0. The number of aryl methyl sites for hydroxylation is 2. The quantitative estimate of drug-likeness (QED) is 0.785. The molecular weight excluding hydrogens is 314 g/mol. The van der Waals surface area contributed by atoms with Gasteiger partial charge in [0, 0.05) is 16.3 Å². The molecule has 0 aliphatic rings. The van der Waals surface area contributed by atoms with Crippen LogP contribution in [0.2, 0.25) is 5.02 Å². The average molecular weight is 330 g/mol. The summed E-state index contributed by atoms with van der Waals surface area (Å²) in [5.74, 6) is -1.05. The standard InChI is InChI=1S/C17H16ClN3O2/c1-3-6-11-9-14(17(22)23)19-16-15(10(2)20-21(11)16)12-7-4-5-8-13(12)18/h4-5,7-9H,3,6H2,1-2H3,(H,22,23). The molecule has 0 aliphatic heterocycles. The fraction of sp³-hybridized carbons (Fsp3) is 0.235. The van der Waals surface area contributed by atoms with Gasteiger partial charge in [0.25, 0.3) is 0 Å². The van der Waals surface area contributed by atoms with Crippen LogP contribution in [0.15, 0.2) is 30.3 Å². The van der Waals surface area contributed by atoms with E-state index in [9.17, 15) is 9.90 Å². The van der Waals surface area contributed by atoms with Crippen LogP contribution in [0.1, 0.15) is 35.2 Å². The van der Waals surface area contributed by atoms with Crippen molar-refractivity contribution in [1.82, 2.24) is 14.6 Å². The highest BCUT2D eigenvalue weighted by atomic mass is 35.5. The molecule has 2 heterocycles. The molecule has 2 aromatic heterocycles. The minimum absolute atomic E-state index is 0.0224. The van der Waals surface area contributed by atoms with E-state index >= 15 is 0 Å². The van der Waals surface area contributed by atoms with Crippen LogP contribution in [0.5, 0.6) is 0 Å². The SMILES string of the molecule is CCCc1cc(C(=O)O)nc2c(-c3ccccc3Cl)c(C)nn12. The van der Waals surface area contributed by atoms with Gasteiger partial charge in [-0.25, -0.2) is 14.3 Å². The lowest BCUT2D eigenvalue weighted by atomic mass is 10.1. The fourth-order valence-electron chi connectivity index (χ4n) is 2.71. The Morgan fingerprint density at radius 2 is 2.09 bits per heavy atom. The second kappa shape index (κ2) is 6.01. The Bertz CT molecular complexity index is 902. The Morgan fingerprint density at radius 3 is 2.74 bits per heavy atom. The van der Waals surface area contributed by atoms with Crippen LogP contribution in [-0.4, -0.2) is 25.7 Å². The van der Waals surface area contributed by atoms with Crippen LogP contribution < -0.4 is 0 Å². The molecule has 5 nitrogen and oxygen atoms in total. The van der Waals surface area contributed by atoms with Crippen molar-refractivity contribution in [3.8, 4) is 11.1 Å². The van der Waals surface area contributed by atoms with E-state index in [1.54, 1.807) is 16.6 Å². The Kier molecular flexibility index (Phi) is 4.05. The topological polar surface area (TPSA) is 67.5 Å². The maximum atomic E-state index is 11.4. The molecule has 0 radical (unpaired) electrons. The summed E-state index contributed by atoms with van der Waals surface area (Å²) >= 11 is 6.31. The number of carboxylic acid groups (broad SMARTS) is 1. The van der Waals surface area contributed by atoms with Gasteiger partial charge < -0.3 is 5.11 Å². The summed E-state index contributed by atoms with van der Waals surface area (Å²) in [6.45, 7) is 3.92. The Balaban J connectivity index is 2.37. The summed E-state index contributed by atoms with van der Waals surface area (Å²) in [4.78, 5) is 15.7. The van der Waals surface area contributed by atoms with Gasteiger partial charge in [-0.15, -0.1) is 0 Å².